The van der Waals surface area contributed by atoms with E-state index in [9.17, 15) is 9.59 Å². The molecule has 5 nitrogen and oxygen atoms in total. The molecular weight excluding hydrogens is 206 g/mol. The first-order valence-corrected chi connectivity index (χ1v) is 5.75. The number of primary amides is 1. The van der Waals surface area contributed by atoms with Gasteiger partial charge in [-0.25, -0.2) is 0 Å². The molecule has 0 aliphatic rings. The molecule has 0 aromatic carbocycles. The van der Waals surface area contributed by atoms with Gasteiger partial charge in [-0.1, -0.05) is 6.92 Å². The minimum atomic E-state index is -0.352. The maximum absolute atomic E-state index is 11.8. The molecule has 3 N–H and O–H groups in total. The second kappa shape index (κ2) is 7.22. The van der Waals surface area contributed by atoms with E-state index in [2.05, 4.69) is 5.32 Å². The van der Waals surface area contributed by atoms with Crippen molar-refractivity contribution in [1.29, 1.82) is 0 Å². The molecule has 0 aliphatic carbocycles. The number of likely N-dealkylation sites (N-methyl/N-ethyl adjacent to an activating group) is 1. The van der Waals surface area contributed by atoms with Crippen LogP contribution in [-0.2, 0) is 9.59 Å². The number of rotatable bonds is 7. The van der Waals surface area contributed by atoms with Crippen LogP contribution in [0.15, 0.2) is 0 Å². The molecule has 0 heterocycles. The van der Waals surface area contributed by atoms with Gasteiger partial charge in [-0.15, -0.1) is 0 Å². The third kappa shape index (κ3) is 4.61. The van der Waals surface area contributed by atoms with Gasteiger partial charge in [-0.3, -0.25) is 9.59 Å². The molecule has 94 valence electrons. The second-order valence-corrected chi connectivity index (χ2v) is 3.94. The summed E-state index contributed by atoms with van der Waals surface area (Å²) in [5, 5.41) is 3.02. The van der Waals surface area contributed by atoms with Gasteiger partial charge in [0.1, 0.15) is 0 Å². The molecule has 0 aromatic heterocycles. The van der Waals surface area contributed by atoms with Gasteiger partial charge in [0, 0.05) is 25.6 Å². The molecule has 2 unspecified atom stereocenters. The first-order valence-electron chi connectivity index (χ1n) is 5.75. The Morgan fingerprint density at radius 2 is 1.75 bits per heavy atom. The van der Waals surface area contributed by atoms with Crippen LogP contribution in [0.1, 0.15) is 27.7 Å². The van der Waals surface area contributed by atoms with Crippen LogP contribution in [0.5, 0.6) is 0 Å². The Labute approximate surface area is 97.4 Å². The van der Waals surface area contributed by atoms with E-state index in [1.54, 1.807) is 18.7 Å². The van der Waals surface area contributed by atoms with Crippen LogP contribution in [-0.4, -0.2) is 42.4 Å². The van der Waals surface area contributed by atoms with Crippen LogP contribution in [0, 0.1) is 5.92 Å². The number of amides is 2. The minimum absolute atomic E-state index is 0.0571. The fourth-order valence-corrected chi connectivity index (χ4v) is 1.35. The van der Waals surface area contributed by atoms with Crippen LogP contribution < -0.4 is 11.1 Å². The zero-order chi connectivity index (χ0) is 12.7. The maximum atomic E-state index is 11.8. The van der Waals surface area contributed by atoms with Crippen LogP contribution in [0.25, 0.3) is 0 Å². The number of nitrogens with one attached hydrogen (secondary N) is 1. The molecular formula is C11H23N3O2. The topological polar surface area (TPSA) is 75.4 Å². The van der Waals surface area contributed by atoms with E-state index in [4.69, 9.17) is 5.73 Å². The van der Waals surface area contributed by atoms with Gasteiger partial charge >= 0.3 is 0 Å². The Morgan fingerprint density at radius 1 is 1.25 bits per heavy atom. The van der Waals surface area contributed by atoms with Gasteiger partial charge in [0.05, 0.1) is 6.04 Å². The van der Waals surface area contributed by atoms with Crippen molar-refractivity contribution >= 4 is 11.8 Å². The standard InChI is InChI=1S/C11H23N3O2/c1-5-14(6-2)11(16)9(4)13-7-8(3)10(12)15/h8-9,13H,5-7H2,1-4H3,(H2,12,15). The van der Waals surface area contributed by atoms with Crippen molar-refractivity contribution in [3.05, 3.63) is 0 Å². The number of hydrogen-bond acceptors (Lipinski definition) is 3. The smallest absolute Gasteiger partial charge is 0.239 e. The molecule has 0 aliphatic heterocycles. The first-order chi connectivity index (χ1) is 7.43. The van der Waals surface area contributed by atoms with Gasteiger partial charge in [0.15, 0.2) is 0 Å². The van der Waals surface area contributed by atoms with Crippen molar-refractivity contribution in [2.45, 2.75) is 33.7 Å². The lowest BCUT2D eigenvalue weighted by Crippen LogP contribution is -2.46. The zero-order valence-electron chi connectivity index (χ0n) is 10.6. The average Bonchev–Trinajstić information content (AvgIpc) is 2.26. The average molecular weight is 229 g/mol. The lowest BCUT2D eigenvalue weighted by molar-refractivity contribution is -0.133. The summed E-state index contributed by atoms with van der Waals surface area (Å²) in [4.78, 5) is 24.4. The van der Waals surface area contributed by atoms with Crippen molar-refractivity contribution in [2.75, 3.05) is 19.6 Å². The van der Waals surface area contributed by atoms with Crippen molar-refractivity contribution < 1.29 is 9.59 Å². The summed E-state index contributed by atoms with van der Waals surface area (Å²) in [5.41, 5.74) is 5.14. The highest BCUT2D eigenvalue weighted by atomic mass is 16.2. The highest BCUT2D eigenvalue weighted by molar-refractivity contribution is 5.81. The molecule has 0 saturated carbocycles. The molecule has 0 rings (SSSR count). The monoisotopic (exact) mass is 229 g/mol. The van der Waals surface area contributed by atoms with E-state index in [-0.39, 0.29) is 23.8 Å². The predicted octanol–water partition coefficient (Wildman–Crippen LogP) is -0.0457. The third-order valence-corrected chi connectivity index (χ3v) is 2.66. The number of nitrogens with two attached hydrogens (primary N) is 1. The molecule has 0 radical (unpaired) electrons. The number of nitrogens with zero attached hydrogens (tertiary/aromatic N) is 1. The Hall–Kier alpha value is -1.10. The second-order valence-electron chi connectivity index (χ2n) is 3.94. The SMILES string of the molecule is CCN(CC)C(=O)C(C)NCC(C)C(N)=O. The zero-order valence-corrected chi connectivity index (χ0v) is 10.6. The van der Waals surface area contributed by atoms with Crippen LogP contribution in [0.4, 0.5) is 0 Å². The molecule has 2 atom stereocenters. The summed E-state index contributed by atoms with van der Waals surface area (Å²) in [6.07, 6.45) is 0. The lowest BCUT2D eigenvalue weighted by Gasteiger charge is -2.24. The van der Waals surface area contributed by atoms with E-state index in [0.29, 0.717) is 19.6 Å². The molecule has 0 spiro atoms. The predicted molar refractivity (Wildman–Crippen MR) is 63.8 cm³/mol. The van der Waals surface area contributed by atoms with Gasteiger partial charge in [-0.05, 0) is 20.8 Å². The largest absolute Gasteiger partial charge is 0.369 e. The van der Waals surface area contributed by atoms with E-state index < -0.39 is 0 Å². The summed E-state index contributed by atoms with van der Waals surface area (Å²) in [7, 11) is 0. The van der Waals surface area contributed by atoms with Crippen molar-refractivity contribution in [1.82, 2.24) is 10.2 Å². The van der Waals surface area contributed by atoms with Crippen molar-refractivity contribution in [3.63, 3.8) is 0 Å². The van der Waals surface area contributed by atoms with E-state index >= 15 is 0 Å². The minimum Gasteiger partial charge on any atom is -0.369 e. The molecule has 0 aromatic rings. The Bertz CT molecular complexity index is 239. The molecule has 5 heteroatoms. The van der Waals surface area contributed by atoms with Gasteiger partial charge in [0.25, 0.3) is 0 Å². The number of carbonyl (C=O) groups is 2. The van der Waals surface area contributed by atoms with E-state index in [0.717, 1.165) is 0 Å². The summed E-state index contributed by atoms with van der Waals surface area (Å²) in [6.45, 7) is 9.27. The van der Waals surface area contributed by atoms with Crippen LogP contribution >= 0.6 is 0 Å². The molecule has 2 amide bonds. The molecule has 16 heavy (non-hydrogen) atoms. The van der Waals surface area contributed by atoms with Crippen molar-refractivity contribution in [2.24, 2.45) is 11.7 Å². The normalized spacial score (nSPS) is 14.2. The number of carbonyl (C=O) groups excluding carboxylic acids is 2. The lowest BCUT2D eigenvalue weighted by atomic mass is 10.1. The molecule has 0 fully saturated rings. The highest BCUT2D eigenvalue weighted by Gasteiger charge is 2.19. The van der Waals surface area contributed by atoms with Crippen LogP contribution in [0.3, 0.4) is 0 Å². The Morgan fingerprint density at radius 3 is 2.12 bits per heavy atom. The Kier molecular flexibility index (Phi) is 6.72. The van der Waals surface area contributed by atoms with Crippen molar-refractivity contribution in [3.8, 4) is 0 Å². The van der Waals surface area contributed by atoms with Crippen LogP contribution in [0.2, 0.25) is 0 Å². The third-order valence-electron chi connectivity index (χ3n) is 2.66. The fraction of sp³-hybridized carbons (Fsp3) is 0.818. The van der Waals surface area contributed by atoms with E-state index in [1.165, 1.54) is 0 Å². The first kappa shape index (κ1) is 14.9. The fourth-order valence-electron chi connectivity index (χ4n) is 1.35. The van der Waals surface area contributed by atoms with Gasteiger partial charge < -0.3 is 16.0 Å². The van der Waals surface area contributed by atoms with E-state index in [1.807, 2.05) is 13.8 Å². The molecule has 0 saturated heterocycles. The summed E-state index contributed by atoms with van der Waals surface area (Å²) >= 11 is 0. The maximum Gasteiger partial charge on any atom is 0.239 e. The summed E-state index contributed by atoms with van der Waals surface area (Å²) in [5.74, 6) is -0.552. The molecule has 0 bridgehead atoms. The quantitative estimate of drug-likeness (QED) is 0.643. The van der Waals surface area contributed by atoms with Gasteiger partial charge in [-0.2, -0.15) is 0 Å². The summed E-state index contributed by atoms with van der Waals surface area (Å²) in [6, 6.07) is -0.276. The number of hydrogen-bond donors (Lipinski definition) is 2. The summed E-state index contributed by atoms with van der Waals surface area (Å²) < 4.78 is 0. The van der Waals surface area contributed by atoms with Gasteiger partial charge in [0.2, 0.25) is 11.8 Å². The Balaban J connectivity index is 4.10. The highest BCUT2D eigenvalue weighted by Crippen LogP contribution is 1.97.